The van der Waals surface area contributed by atoms with E-state index in [1.54, 1.807) is 0 Å². The van der Waals surface area contributed by atoms with Crippen LogP contribution in [0.2, 0.25) is 0 Å². The maximum atomic E-state index is 13.6. The second-order valence-electron chi connectivity index (χ2n) is 7.70. The summed E-state index contributed by atoms with van der Waals surface area (Å²) in [7, 11) is 0. The molecule has 0 spiro atoms. The molecule has 3 N–H and O–H groups in total. The van der Waals surface area contributed by atoms with Crippen molar-refractivity contribution in [3.05, 3.63) is 12.4 Å². The minimum Gasteiger partial charge on any atom is -0.460 e. The first-order chi connectivity index (χ1) is 15.4. The third kappa shape index (κ3) is 5.50. The Kier molecular flexibility index (Phi) is 7.58. The number of nitrogens with one attached hydrogen (secondary N) is 1. The molecule has 0 aliphatic carbocycles. The van der Waals surface area contributed by atoms with Crippen molar-refractivity contribution in [3.63, 3.8) is 0 Å². The predicted octanol–water partition coefficient (Wildman–Crippen LogP) is 1.86. The van der Waals surface area contributed by atoms with Gasteiger partial charge in [0.1, 0.15) is 19.4 Å². The molecule has 2 aromatic heterocycles. The Morgan fingerprint density at radius 1 is 1.44 bits per heavy atom. The number of fused-ring (bicyclic) bond motifs is 1. The number of carbonyl (C=O) groups excluding carboxylic acids is 2. The fourth-order valence-corrected chi connectivity index (χ4v) is 3.53. The molecule has 11 heteroatoms. The number of carbonyl (C=O) groups is 2. The van der Waals surface area contributed by atoms with Gasteiger partial charge in [0.05, 0.1) is 6.33 Å². The number of anilines is 1. The highest BCUT2D eigenvalue weighted by atomic mass is 19.1. The quantitative estimate of drug-likeness (QED) is 0.244. The normalized spacial score (nSPS) is 20.2. The minimum atomic E-state index is -1.15. The average molecular weight is 446 g/mol. The fourth-order valence-electron chi connectivity index (χ4n) is 3.53. The van der Waals surface area contributed by atoms with Crippen LogP contribution in [0.5, 0.6) is 0 Å². The summed E-state index contributed by atoms with van der Waals surface area (Å²) in [4.78, 5) is 35.2. The molecule has 1 fully saturated rings. The van der Waals surface area contributed by atoms with Crippen molar-refractivity contribution < 1.29 is 23.5 Å². The van der Waals surface area contributed by atoms with Crippen LogP contribution in [-0.2, 0) is 19.1 Å². The molecule has 0 saturated carbocycles. The van der Waals surface area contributed by atoms with Crippen molar-refractivity contribution in [2.24, 2.45) is 0 Å². The van der Waals surface area contributed by atoms with Crippen molar-refractivity contribution in [2.75, 3.05) is 18.9 Å². The molecular weight excluding hydrogens is 419 g/mol. The van der Waals surface area contributed by atoms with Gasteiger partial charge in [-0.05, 0) is 19.3 Å². The van der Waals surface area contributed by atoms with Gasteiger partial charge in [-0.25, -0.2) is 4.98 Å². The van der Waals surface area contributed by atoms with Gasteiger partial charge >= 0.3 is 12.0 Å². The highest BCUT2D eigenvalue weighted by Gasteiger charge is 2.41. The number of halogens is 1. The van der Waals surface area contributed by atoms with E-state index in [0.717, 1.165) is 25.7 Å². The number of hydrogen-bond acceptors (Lipinski definition) is 8. The number of nitrogens with zero attached hydrogens (tertiary/aromatic N) is 4. The monoisotopic (exact) mass is 446 g/mol. The third-order valence-electron chi connectivity index (χ3n) is 5.30. The number of esters is 1. The summed E-state index contributed by atoms with van der Waals surface area (Å²) < 4.78 is 26.4. The van der Waals surface area contributed by atoms with Crippen LogP contribution in [0, 0.1) is 18.4 Å². The fraction of sp³-hybridized carbons (Fsp3) is 0.571. The van der Waals surface area contributed by atoms with E-state index in [1.165, 1.54) is 10.9 Å². The van der Waals surface area contributed by atoms with Crippen LogP contribution in [0.1, 0.15) is 58.1 Å². The van der Waals surface area contributed by atoms with E-state index in [0.29, 0.717) is 19.3 Å². The van der Waals surface area contributed by atoms with Gasteiger partial charge in [0, 0.05) is 6.42 Å². The number of terminal acetylenes is 1. The lowest BCUT2D eigenvalue weighted by Gasteiger charge is -2.23. The highest BCUT2D eigenvalue weighted by Crippen LogP contribution is 2.37. The standard InChI is InChI=1S/C21H27FN6O4/c1-3-5-6-7-8-14(29)24-11-16(30)31-12-21(4-2)10-9-15(32-21)28-13-25-17-18(23)26-20(22)27-19(17)28/h2,13,15H,3,5-12H2,1H3,(H,24,29)(H2,23,26,27)/t15-,21+/m1/s1. The molecule has 172 valence electrons. The van der Waals surface area contributed by atoms with E-state index in [1.807, 2.05) is 0 Å². The molecule has 10 nitrogen and oxygen atoms in total. The van der Waals surface area contributed by atoms with Gasteiger partial charge in [0.2, 0.25) is 5.91 Å². The van der Waals surface area contributed by atoms with Gasteiger partial charge in [0.25, 0.3) is 0 Å². The number of amides is 1. The molecule has 0 aromatic carbocycles. The van der Waals surface area contributed by atoms with Crippen LogP contribution >= 0.6 is 0 Å². The topological polar surface area (TPSA) is 134 Å². The smallest absolute Gasteiger partial charge is 0.325 e. The Bertz CT molecular complexity index is 1020. The number of imidazole rings is 1. The van der Waals surface area contributed by atoms with Crippen molar-refractivity contribution in [1.29, 1.82) is 0 Å². The van der Waals surface area contributed by atoms with Crippen molar-refractivity contribution >= 4 is 28.9 Å². The van der Waals surface area contributed by atoms with Crippen LogP contribution < -0.4 is 11.1 Å². The summed E-state index contributed by atoms with van der Waals surface area (Å²) in [5.41, 5.74) is 4.98. The molecule has 0 radical (unpaired) electrons. The average Bonchev–Trinajstić information content (AvgIpc) is 3.38. The molecule has 2 atom stereocenters. The molecule has 1 aliphatic rings. The summed E-state index contributed by atoms with van der Waals surface area (Å²) >= 11 is 0. The Hall–Kier alpha value is -3.26. The summed E-state index contributed by atoms with van der Waals surface area (Å²) in [6, 6.07) is 0. The number of hydrogen-bond donors (Lipinski definition) is 2. The number of nitrogens with two attached hydrogens (primary N) is 1. The number of nitrogen functional groups attached to an aromatic ring is 1. The Morgan fingerprint density at radius 3 is 3.00 bits per heavy atom. The molecule has 1 aliphatic heterocycles. The highest BCUT2D eigenvalue weighted by molar-refractivity contribution is 5.82. The molecule has 32 heavy (non-hydrogen) atoms. The molecular formula is C21H27FN6O4. The van der Waals surface area contributed by atoms with Gasteiger partial charge in [-0.2, -0.15) is 14.4 Å². The first kappa shape index (κ1) is 23.4. The van der Waals surface area contributed by atoms with E-state index in [-0.39, 0.29) is 36.0 Å². The summed E-state index contributed by atoms with van der Waals surface area (Å²) in [6.07, 6.45) is 10.7. The van der Waals surface area contributed by atoms with Crippen LogP contribution in [0.15, 0.2) is 6.33 Å². The zero-order chi connectivity index (χ0) is 23.1. The summed E-state index contributed by atoms with van der Waals surface area (Å²) in [5, 5.41) is 2.55. The van der Waals surface area contributed by atoms with Crippen LogP contribution in [0.4, 0.5) is 10.2 Å². The zero-order valence-electron chi connectivity index (χ0n) is 18.0. The van der Waals surface area contributed by atoms with E-state index < -0.39 is 23.9 Å². The molecule has 3 rings (SSSR count). The van der Waals surface area contributed by atoms with Gasteiger partial charge in [-0.15, -0.1) is 6.42 Å². The minimum absolute atomic E-state index is 0.0752. The third-order valence-corrected chi connectivity index (χ3v) is 5.30. The van der Waals surface area contributed by atoms with Crippen LogP contribution in [0.3, 0.4) is 0 Å². The molecule has 1 saturated heterocycles. The van der Waals surface area contributed by atoms with Gasteiger partial charge in [0.15, 0.2) is 22.6 Å². The Balaban J connectivity index is 1.52. The maximum Gasteiger partial charge on any atom is 0.325 e. The van der Waals surface area contributed by atoms with E-state index in [9.17, 15) is 14.0 Å². The maximum absolute atomic E-state index is 13.6. The van der Waals surface area contributed by atoms with Gasteiger partial charge in [-0.3, -0.25) is 14.2 Å². The Labute approximate surface area is 185 Å². The molecule has 0 unspecified atom stereocenters. The van der Waals surface area contributed by atoms with Crippen molar-refractivity contribution in [2.45, 2.75) is 63.7 Å². The van der Waals surface area contributed by atoms with Crippen LogP contribution in [0.25, 0.3) is 11.2 Å². The van der Waals surface area contributed by atoms with E-state index >= 15 is 0 Å². The molecule has 1 amide bonds. The van der Waals surface area contributed by atoms with Gasteiger partial charge in [-0.1, -0.05) is 32.1 Å². The van der Waals surface area contributed by atoms with Gasteiger partial charge < -0.3 is 20.5 Å². The van der Waals surface area contributed by atoms with E-state index in [4.69, 9.17) is 21.6 Å². The summed E-state index contributed by atoms with van der Waals surface area (Å²) in [5.74, 6) is 1.67. The second kappa shape index (κ2) is 10.4. The summed E-state index contributed by atoms with van der Waals surface area (Å²) in [6.45, 7) is 1.68. The first-order valence-corrected chi connectivity index (χ1v) is 10.6. The number of aromatic nitrogens is 4. The largest absolute Gasteiger partial charge is 0.460 e. The first-order valence-electron chi connectivity index (χ1n) is 10.6. The number of unbranched alkanes of at least 4 members (excludes halogenated alkanes) is 3. The lowest BCUT2D eigenvalue weighted by atomic mass is 10.0. The lowest BCUT2D eigenvalue weighted by Crippen LogP contribution is -2.37. The zero-order valence-corrected chi connectivity index (χ0v) is 18.0. The van der Waals surface area contributed by atoms with E-state index in [2.05, 4.69) is 33.1 Å². The lowest BCUT2D eigenvalue weighted by molar-refractivity contribution is -0.152. The predicted molar refractivity (Wildman–Crippen MR) is 113 cm³/mol. The number of ether oxygens (including phenoxy) is 2. The molecule has 3 heterocycles. The van der Waals surface area contributed by atoms with Crippen molar-refractivity contribution in [3.8, 4) is 12.3 Å². The molecule has 0 bridgehead atoms. The SMILES string of the molecule is C#C[C@@]1(COC(=O)CNC(=O)CCCCCC)CC[C@H](n2cnc3c(N)nc(F)nc32)O1. The number of rotatable bonds is 10. The van der Waals surface area contributed by atoms with Crippen molar-refractivity contribution in [1.82, 2.24) is 24.8 Å². The second-order valence-corrected chi connectivity index (χ2v) is 7.70. The molecule has 2 aromatic rings. The Morgan fingerprint density at radius 2 is 2.25 bits per heavy atom. The van der Waals surface area contributed by atoms with Crippen LogP contribution in [-0.4, -0.2) is 50.1 Å².